The number of terminal acetylenes is 1. The average Bonchev–Trinajstić information content (AvgIpc) is 2.69. The number of esters is 1. The number of benzene rings is 2. The van der Waals surface area contributed by atoms with E-state index in [1.807, 2.05) is 34.6 Å². The van der Waals surface area contributed by atoms with Gasteiger partial charge in [0.25, 0.3) is 5.91 Å². The van der Waals surface area contributed by atoms with Gasteiger partial charge < -0.3 is 14.8 Å². The molecular weight excluding hydrogens is 414 g/mol. The van der Waals surface area contributed by atoms with Gasteiger partial charge in [-0.15, -0.1) is 6.42 Å². The van der Waals surface area contributed by atoms with Crippen molar-refractivity contribution in [1.82, 2.24) is 5.32 Å². The summed E-state index contributed by atoms with van der Waals surface area (Å²) in [6, 6.07) is 13.2. The van der Waals surface area contributed by atoms with Crippen LogP contribution in [-0.4, -0.2) is 24.0 Å². The van der Waals surface area contributed by atoms with Gasteiger partial charge in [0.2, 0.25) is 6.10 Å². The summed E-state index contributed by atoms with van der Waals surface area (Å²) in [6.45, 7) is 9.91. The highest BCUT2D eigenvalue weighted by Crippen LogP contribution is 2.33. The van der Waals surface area contributed by atoms with Crippen molar-refractivity contribution >= 4 is 23.5 Å². The summed E-state index contributed by atoms with van der Waals surface area (Å²) < 4.78 is 11.3. The first-order chi connectivity index (χ1) is 14.5. The van der Waals surface area contributed by atoms with E-state index in [9.17, 15) is 9.59 Å². The van der Waals surface area contributed by atoms with E-state index in [0.29, 0.717) is 16.3 Å². The van der Waals surface area contributed by atoms with Crippen molar-refractivity contribution < 1.29 is 19.1 Å². The summed E-state index contributed by atoms with van der Waals surface area (Å²) in [5.41, 5.74) is -0.193. The maximum absolute atomic E-state index is 13.4. The van der Waals surface area contributed by atoms with Gasteiger partial charge in [0, 0.05) is 16.1 Å². The molecule has 0 radical (unpaired) electrons. The molecule has 31 heavy (non-hydrogen) atoms. The first kappa shape index (κ1) is 24.3. The van der Waals surface area contributed by atoms with E-state index in [1.54, 1.807) is 42.5 Å². The van der Waals surface area contributed by atoms with Gasteiger partial charge in [0.15, 0.2) is 0 Å². The van der Waals surface area contributed by atoms with Gasteiger partial charge in [-0.05, 0) is 43.5 Å². The molecule has 2 aromatic carbocycles. The van der Waals surface area contributed by atoms with Crippen molar-refractivity contribution in [3.63, 3.8) is 0 Å². The van der Waals surface area contributed by atoms with Crippen LogP contribution in [0.4, 0.5) is 0 Å². The van der Waals surface area contributed by atoms with Crippen LogP contribution in [0.1, 0.15) is 56.6 Å². The summed E-state index contributed by atoms with van der Waals surface area (Å²) in [5, 5.41) is 3.40. The number of carbonyl (C=O) groups is 2. The lowest BCUT2D eigenvalue weighted by atomic mass is 9.76. The minimum atomic E-state index is -1.25. The highest BCUT2D eigenvalue weighted by atomic mass is 35.5. The quantitative estimate of drug-likeness (QED) is 0.474. The molecule has 0 bridgehead atoms. The Morgan fingerprint density at radius 2 is 1.77 bits per heavy atom. The highest BCUT2D eigenvalue weighted by Gasteiger charge is 2.38. The minimum Gasteiger partial charge on any atom is -0.481 e. The molecule has 1 unspecified atom stereocenters. The Morgan fingerprint density at radius 1 is 1.10 bits per heavy atom. The number of ether oxygens (including phenoxy) is 2. The number of halogens is 1. The molecule has 1 N–H and O–H groups in total. The van der Waals surface area contributed by atoms with Crippen LogP contribution in [0.2, 0.25) is 5.02 Å². The van der Waals surface area contributed by atoms with Gasteiger partial charge in [-0.25, -0.2) is 4.79 Å². The zero-order valence-corrected chi connectivity index (χ0v) is 19.2. The van der Waals surface area contributed by atoms with E-state index in [0.717, 1.165) is 0 Å². The van der Waals surface area contributed by atoms with E-state index < -0.39 is 23.5 Å². The molecule has 1 amide bonds. The summed E-state index contributed by atoms with van der Waals surface area (Å²) in [4.78, 5) is 26.2. The molecule has 0 aromatic heterocycles. The summed E-state index contributed by atoms with van der Waals surface area (Å²) in [5.74, 6) is 1.62. The van der Waals surface area contributed by atoms with Crippen LogP contribution in [0.5, 0.6) is 5.75 Å². The van der Waals surface area contributed by atoms with E-state index in [2.05, 4.69) is 11.2 Å². The molecule has 0 aliphatic rings. The number of para-hydroxylation sites is 1. The van der Waals surface area contributed by atoms with E-state index in [-0.39, 0.29) is 17.6 Å². The second-order valence-corrected chi connectivity index (χ2v) is 9.13. The van der Waals surface area contributed by atoms with Crippen molar-refractivity contribution in [2.45, 2.75) is 46.3 Å². The Bertz CT molecular complexity index is 986. The van der Waals surface area contributed by atoms with Gasteiger partial charge >= 0.3 is 5.97 Å². The minimum absolute atomic E-state index is 0.0150. The van der Waals surface area contributed by atoms with Gasteiger partial charge in [-0.2, -0.15) is 0 Å². The lowest BCUT2D eigenvalue weighted by Crippen LogP contribution is -2.54. The Balaban J connectivity index is 2.44. The van der Waals surface area contributed by atoms with Crippen LogP contribution >= 0.6 is 11.6 Å². The molecule has 164 valence electrons. The smallest absolute Gasteiger partial charge is 0.339 e. The fourth-order valence-corrected chi connectivity index (χ4v) is 2.75. The maximum atomic E-state index is 13.4. The SMILES string of the molecule is C#CCOc1ccccc1C(OC(=O)c1cccc(Cl)c1)C(=O)NC(C)(C)C(C)(C)C. The molecule has 6 heteroatoms. The molecular formula is C25H28ClNO4. The van der Waals surface area contributed by atoms with Crippen molar-refractivity contribution in [2.24, 2.45) is 5.41 Å². The largest absolute Gasteiger partial charge is 0.481 e. The van der Waals surface area contributed by atoms with Gasteiger partial charge in [-0.3, -0.25) is 4.79 Å². The molecule has 0 spiro atoms. The van der Waals surface area contributed by atoms with Crippen LogP contribution < -0.4 is 10.1 Å². The van der Waals surface area contributed by atoms with Crippen molar-refractivity contribution in [3.05, 3.63) is 64.7 Å². The van der Waals surface area contributed by atoms with Crippen molar-refractivity contribution in [1.29, 1.82) is 0 Å². The maximum Gasteiger partial charge on any atom is 0.339 e. The number of carbonyl (C=O) groups excluding carboxylic acids is 2. The molecule has 0 saturated heterocycles. The third kappa shape index (κ3) is 6.26. The number of hydrogen-bond donors (Lipinski definition) is 1. The fraction of sp³-hybridized carbons (Fsp3) is 0.360. The number of nitrogens with one attached hydrogen (secondary N) is 1. The lowest BCUT2D eigenvalue weighted by molar-refractivity contribution is -0.133. The predicted octanol–water partition coefficient (Wildman–Crippen LogP) is 5.19. The molecule has 0 fully saturated rings. The first-order valence-electron chi connectivity index (χ1n) is 9.90. The zero-order valence-electron chi connectivity index (χ0n) is 18.5. The van der Waals surface area contributed by atoms with Crippen LogP contribution in [0.3, 0.4) is 0 Å². The fourth-order valence-electron chi connectivity index (χ4n) is 2.56. The van der Waals surface area contributed by atoms with Crippen LogP contribution in [0.25, 0.3) is 0 Å². The van der Waals surface area contributed by atoms with Crippen LogP contribution in [0, 0.1) is 17.8 Å². The Morgan fingerprint density at radius 3 is 2.39 bits per heavy atom. The molecule has 1 atom stereocenters. The highest BCUT2D eigenvalue weighted by molar-refractivity contribution is 6.30. The normalized spacial score (nSPS) is 12.4. The van der Waals surface area contributed by atoms with E-state index in [4.69, 9.17) is 27.5 Å². The van der Waals surface area contributed by atoms with E-state index in [1.165, 1.54) is 6.07 Å². The van der Waals surface area contributed by atoms with E-state index >= 15 is 0 Å². The second kappa shape index (κ2) is 9.89. The molecule has 0 aliphatic carbocycles. The summed E-state index contributed by atoms with van der Waals surface area (Å²) in [7, 11) is 0. The second-order valence-electron chi connectivity index (χ2n) is 8.69. The van der Waals surface area contributed by atoms with Gasteiger partial charge in [-0.1, -0.05) is 62.6 Å². The zero-order chi connectivity index (χ0) is 23.2. The monoisotopic (exact) mass is 441 g/mol. The molecule has 2 rings (SSSR count). The van der Waals surface area contributed by atoms with Crippen LogP contribution in [-0.2, 0) is 9.53 Å². The lowest BCUT2D eigenvalue weighted by Gasteiger charge is -2.40. The molecule has 0 heterocycles. The predicted molar refractivity (Wildman–Crippen MR) is 122 cm³/mol. The summed E-state index contributed by atoms with van der Waals surface area (Å²) in [6.07, 6.45) is 4.06. The van der Waals surface area contributed by atoms with Gasteiger partial charge in [0.1, 0.15) is 12.4 Å². The average molecular weight is 442 g/mol. The van der Waals surface area contributed by atoms with Crippen LogP contribution in [0.15, 0.2) is 48.5 Å². The van der Waals surface area contributed by atoms with Gasteiger partial charge in [0.05, 0.1) is 5.56 Å². The first-order valence-corrected chi connectivity index (χ1v) is 10.3. The third-order valence-electron chi connectivity index (χ3n) is 5.35. The number of hydrogen-bond acceptors (Lipinski definition) is 4. The Hall–Kier alpha value is -2.97. The Kier molecular flexibility index (Phi) is 7.75. The molecule has 0 saturated carbocycles. The third-order valence-corrected chi connectivity index (χ3v) is 5.58. The van der Waals surface area contributed by atoms with Crippen molar-refractivity contribution in [3.8, 4) is 18.1 Å². The van der Waals surface area contributed by atoms with Crippen molar-refractivity contribution in [2.75, 3.05) is 6.61 Å². The summed E-state index contributed by atoms with van der Waals surface area (Å²) >= 11 is 6.00. The number of rotatable bonds is 7. The number of amides is 1. The molecule has 0 aliphatic heterocycles. The Labute approximate surface area is 189 Å². The molecule has 5 nitrogen and oxygen atoms in total. The topological polar surface area (TPSA) is 64.6 Å². The molecule has 2 aromatic rings. The standard InChI is InChI=1S/C25H28ClNO4/c1-7-15-30-20-14-9-8-13-19(20)21(22(28)27-25(5,6)24(2,3)4)31-23(29)17-11-10-12-18(26)16-17/h1,8-14,16,21H,15H2,2-6H3,(H,27,28).